The summed E-state index contributed by atoms with van der Waals surface area (Å²) in [5.41, 5.74) is -0.175. The van der Waals surface area contributed by atoms with Gasteiger partial charge in [0, 0.05) is 15.7 Å². The predicted molar refractivity (Wildman–Crippen MR) is 104 cm³/mol. The molecule has 1 amide bonds. The minimum Gasteiger partial charge on any atom is -0.321 e. The summed E-state index contributed by atoms with van der Waals surface area (Å²) < 4.78 is 28.9. The standard InChI is InChI=1S/C15H16Br2N2O3S2/c1-15(2,3)19-24(21,22)10-6-4-5-9(7-10)18-14(20)12-8-11(16)13(17)23-12/h4-8,19H,1-3H3,(H,18,20). The number of sulfonamides is 1. The Labute approximate surface area is 162 Å². The second-order valence-electron chi connectivity index (χ2n) is 6.07. The number of halogens is 2. The number of thiophene rings is 1. The minimum atomic E-state index is -3.66. The largest absolute Gasteiger partial charge is 0.321 e. The van der Waals surface area contributed by atoms with Crippen molar-refractivity contribution in [3.63, 3.8) is 0 Å². The Morgan fingerprint density at radius 2 is 1.83 bits per heavy atom. The monoisotopic (exact) mass is 494 g/mol. The van der Waals surface area contributed by atoms with Crippen LogP contribution < -0.4 is 10.0 Å². The van der Waals surface area contributed by atoms with E-state index in [0.29, 0.717) is 10.6 Å². The molecule has 0 atom stereocenters. The lowest BCUT2D eigenvalue weighted by atomic mass is 10.1. The van der Waals surface area contributed by atoms with E-state index in [-0.39, 0.29) is 10.8 Å². The molecule has 0 unspecified atom stereocenters. The van der Waals surface area contributed by atoms with Crippen molar-refractivity contribution in [2.24, 2.45) is 0 Å². The average molecular weight is 496 g/mol. The maximum absolute atomic E-state index is 12.4. The Morgan fingerprint density at radius 1 is 1.17 bits per heavy atom. The molecular formula is C15H16Br2N2O3S2. The highest BCUT2D eigenvalue weighted by atomic mass is 79.9. The van der Waals surface area contributed by atoms with Gasteiger partial charge in [0.25, 0.3) is 5.91 Å². The molecule has 1 aromatic heterocycles. The summed E-state index contributed by atoms with van der Waals surface area (Å²) in [7, 11) is -3.66. The van der Waals surface area contributed by atoms with Crippen LogP contribution in [0.15, 0.2) is 43.5 Å². The Balaban J connectivity index is 2.23. The molecule has 2 aromatic rings. The normalized spacial score (nSPS) is 12.2. The van der Waals surface area contributed by atoms with Crippen molar-refractivity contribution in [2.75, 3.05) is 5.32 Å². The molecule has 1 heterocycles. The van der Waals surface area contributed by atoms with Crippen molar-refractivity contribution < 1.29 is 13.2 Å². The van der Waals surface area contributed by atoms with Gasteiger partial charge < -0.3 is 5.32 Å². The second kappa shape index (κ2) is 7.25. The van der Waals surface area contributed by atoms with E-state index in [4.69, 9.17) is 0 Å². The number of nitrogens with one attached hydrogen (secondary N) is 2. The summed E-state index contributed by atoms with van der Waals surface area (Å²) in [6.45, 7) is 5.30. The molecule has 130 valence electrons. The minimum absolute atomic E-state index is 0.101. The summed E-state index contributed by atoms with van der Waals surface area (Å²) in [5.74, 6) is -0.301. The quantitative estimate of drug-likeness (QED) is 0.650. The molecule has 2 rings (SSSR count). The zero-order chi connectivity index (χ0) is 18.1. The van der Waals surface area contributed by atoms with Crippen molar-refractivity contribution in [3.05, 3.63) is 43.5 Å². The predicted octanol–water partition coefficient (Wildman–Crippen LogP) is 4.60. The summed E-state index contributed by atoms with van der Waals surface area (Å²) in [5, 5.41) is 2.71. The lowest BCUT2D eigenvalue weighted by Gasteiger charge is -2.20. The van der Waals surface area contributed by atoms with Crippen molar-refractivity contribution in [3.8, 4) is 0 Å². The SMILES string of the molecule is CC(C)(C)NS(=O)(=O)c1cccc(NC(=O)c2cc(Br)c(Br)s2)c1. The van der Waals surface area contributed by atoms with E-state index >= 15 is 0 Å². The van der Waals surface area contributed by atoms with Gasteiger partial charge in [0.15, 0.2) is 0 Å². The number of benzene rings is 1. The maximum Gasteiger partial charge on any atom is 0.265 e. The molecule has 0 saturated heterocycles. The molecule has 9 heteroatoms. The van der Waals surface area contributed by atoms with Crippen molar-refractivity contribution in [2.45, 2.75) is 31.2 Å². The molecule has 0 aliphatic heterocycles. The van der Waals surface area contributed by atoms with Crippen LogP contribution in [-0.4, -0.2) is 19.9 Å². The van der Waals surface area contributed by atoms with Gasteiger partial charge in [0.2, 0.25) is 10.0 Å². The highest BCUT2D eigenvalue weighted by Gasteiger charge is 2.22. The summed E-state index contributed by atoms with van der Waals surface area (Å²) in [6, 6.07) is 7.86. The highest BCUT2D eigenvalue weighted by Crippen LogP contribution is 2.32. The maximum atomic E-state index is 12.4. The van der Waals surface area contributed by atoms with Gasteiger partial charge in [0.1, 0.15) is 0 Å². The number of carbonyl (C=O) groups is 1. The van der Waals surface area contributed by atoms with Gasteiger partial charge in [-0.05, 0) is 76.9 Å². The number of rotatable bonds is 4. The van der Waals surface area contributed by atoms with E-state index in [1.54, 1.807) is 39.0 Å². The van der Waals surface area contributed by atoms with Crippen LogP contribution >= 0.6 is 43.2 Å². The lowest BCUT2D eigenvalue weighted by Crippen LogP contribution is -2.40. The van der Waals surface area contributed by atoms with Crippen LogP contribution in [0.4, 0.5) is 5.69 Å². The van der Waals surface area contributed by atoms with Gasteiger partial charge in [-0.2, -0.15) is 0 Å². The first-order chi connectivity index (χ1) is 11.0. The number of amides is 1. The van der Waals surface area contributed by atoms with Crippen molar-refractivity contribution in [1.82, 2.24) is 4.72 Å². The Hall–Kier alpha value is -0.740. The van der Waals surface area contributed by atoms with E-state index < -0.39 is 15.6 Å². The molecule has 0 aliphatic rings. The van der Waals surface area contributed by atoms with Gasteiger partial charge in [-0.3, -0.25) is 4.79 Å². The molecule has 1 aromatic carbocycles. The number of hydrogen-bond donors (Lipinski definition) is 2. The molecule has 5 nitrogen and oxygen atoms in total. The van der Waals surface area contributed by atoms with Gasteiger partial charge >= 0.3 is 0 Å². The first kappa shape index (κ1) is 19.6. The van der Waals surface area contributed by atoms with Crippen LogP contribution in [0, 0.1) is 0 Å². The van der Waals surface area contributed by atoms with E-state index in [1.807, 2.05) is 0 Å². The number of anilines is 1. The van der Waals surface area contributed by atoms with E-state index in [9.17, 15) is 13.2 Å². The van der Waals surface area contributed by atoms with Crippen LogP contribution in [0.25, 0.3) is 0 Å². The van der Waals surface area contributed by atoms with Crippen molar-refractivity contribution >= 4 is 64.8 Å². The molecule has 0 aliphatic carbocycles. The Bertz CT molecular complexity index is 852. The fraction of sp³-hybridized carbons (Fsp3) is 0.267. The molecule has 0 spiro atoms. The average Bonchev–Trinajstić information content (AvgIpc) is 2.76. The van der Waals surface area contributed by atoms with Gasteiger partial charge in [-0.1, -0.05) is 6.07 Å². The number of carbonyl (C=O) groups excluding carboxylic acids is 1. The molecule has 24 heavy (non-hydrogen) atoms. The zero-order valence-electron chi connectivity index (χ0n) is 13.2. The zero-order valence-corrected chi connectivity index (χ0v) is 18.0. The van der Waals surface area contributed by atoms with Gasteiger partial charge in [-0.25, -0.2) is 13.1 Å². The van der Waals surface area contributed by atoms with Crippen LogP contribution in [-0.2, 0) is 10.0 Å². The fourth-order valence-corrected chi connectivity index (χ4v) is 5.25. The Morgan fingerprint density at radius 3 is 2.38 bits per heavy atom. The number of hydrogen-bond acceptors (Lipinski definition) is 4. The highest BCUT2D eigenvalue weighted by molar-refractivity contribution is 9.13. The van der Waals surface area contributed by atoms with E-state index in [1.165, 1.54) is 23.5 Å². The third kappa shape index (κ3) is 5.13. The molecule has 0 radical (unpaired) electrons. The summed E-state index contributed by atoms with van der Waals surface area (Å²) in [4.78, 5) is 12.9. The molecule has 0 bridgehead atoms. The van der Waals surface area contributed by atoms with Crippen molar-refractivity contribution in [1.29, 1.82) is 0 Å². The second-order valence-corrected chi connectivity index (χ2v) is 11.0. The van der Waals surface area contributed by atoms with E-state index in [2.05, 4.69) is 41.9 Å². The third-order valence-corrected chi connectivity index (χ3v) is 7.72. The first-order valence-corrected chi connectivity index (χ1v) is 10.8. The van der Waals surface area contributed by atoms with Gasteiger partial charge in [-0.15, -0.1) is 11.3 Å². The summed E-state index contributed by atoms with van der Waals surface area (Å²) in [6.07, 6.45) is 0. The van der Waals surface area contributed by atoms with Crippen LogP contribution in [0.2, 0.25) is 0 Å². The van der Waals surface area contributed by atoms with E-state index in [0.717, 1.165) is 8.26 Å². The third-order valence-electron chi connectivity index (χ3n) is 2.71. The molecule has 2 N–H and O–H groups in total. The van der Waals surface area contributed by atoms with Gasteiger partial charge in [0.05, 0.1) is 13.6 Å². The molecule has 0 saturated carbocycles. The molecule has 0 fully saturated rings. The smallest absolute Gasteiger partial charge is 0.265 e. The van der Waals surface area contributed by atoms with Crippen LogP contribution in [0.3, 0.4) is 0 Å². The Kier molecular flexibility index (Phi) is 5.91. The molecular weight excluding hydrogens is 480 g/mol. The topological polar surface area (TPSA) is 75.3 Å². The van der Waals surface area contributed by atoms with Crippen LogP contribution in [0.1, 0.15) is 30.4 Å². The summed E-state index contributed by atoms with van der Waals surface area (Å²) >= 11 is 7.96. The fourth-order valence-electron chi connectivity index (χ4n) is 1.85. The lowest BCUT2D eigenvalue weighted by molar-refractivity contribution is 0.103. The first-order valence-electron chi connectivity index (χ1n) is 6.88. The van der Waals surface area contributed by atoms with Crippen LogP contribution in [0.5, 0.6) is 0 Å².